The second kappa shape index (κ2) is 27.6. The lowest BCUT2D eigenvalue weighted by Gasteiger charge is -2.31. The summed E-state index contributed by atoms with van der Waals surface area (Å²) in [7, 11) is -4.11. The molecule has 1 unspecified atom stereocenters. The fourth-order valence-corrected chi connectivity index (χ4v) is 14.4. The smallest absolute Gasteiger partial charge is 0.416 e. The number of alkyl halides is 3. The van der Waals surface area contributed by atoms with Crippen molar-refractivity contribution < 1.29 is 49.1 Å². The molecule has 2 saturated heterocycles. The predicted octanol–water partition coefficient (Wildman–Crippen LogP) is 9.09. The minimum absolute atomic E-state index is 0.0907. The maximum atomic E-state index is 13.2. The first-order valence-corrected chi connectivity index (χ1v) is 29.2. The van der Waals surface area contributed by atoms with Gasteiger partial charge in [-0.3, -0.25) is 9.59 Å². The molecule has 21 heteroatoms. The summed E-state index contributed by atoms with van der Waals surface area (Å²) in [5, 5.41) is 12.6. The molecule has 4 N–H and O–H groups in total. The fourth-order valence-electron chi connectivity index (χ4n) is 8.50. The third-order valence-corrected chi connectivity index (χ3v) is 19.6. The van der Waals surface area contributed by atoms with Gasteiger partial charge in [-0.25, -0.2) is 16.8 Å². The topological polar surface area (TPSA) is 175 Å². The Bertz CT molecular complexity index is 2780. The van der Waals surface area contributed by atoms with E-state index in [1.165, 1.54) is 54.5 Å². The van der Waals surface area contributed by atoms with Gasteiger partial charge in [-0.05, 0) is 130 Å². The van der Waals surface area contributed by atoms with E-state index >= 15 is 0 Å². The van der Waals surface area contributed by atoms with E-state index in [1.54, 1.807) is 90.3 Å². The summed E-state index contributed by atoms with van der Waals surface area (Å²) in [5.41, 5.74) is 0.895. The average molecular weight is 1090 g/mol. The van der Waals surface area contributed by atoms with Gasteiger partial charge in [0, 0.05) is 59.1 Å². The highest BCUT2D eigenvalue weighted by Gasteiger charge is 2.32. The van der Waals surface area contributed by atoms with Crippen molar-refractivity contribution in [3.8, 4) is 11.5 Å². The zero-order valence-electron chi connectivity index (χ0n) is 41.5. The molecule has 0 radical (unpaired) electrons. The third kappa shape index (κ3) is 17.1. The minimum Gasteiger partial charge on any atom is -0.497 e. The molecule has 2 amide bonds. The molecule has 5 aromatic rings. The molecule has 0 spiro atoms. The first kappa shape index (κ1) is 57.4. The number of piperidine rings is 1. The van der Waals surface area contributed by atoms with Crippen LogP contribution in [0.25, 0.3) is 0 Å². The summed E-state index contributed by atoms with van der Waals surface area (Å²) >= 11 is 2.35. The largest absolute Gasteiger partial charge is 0.497 e. The number of unbranched alkanes of at least 4 members (excludes halogenated alkanes) is 3. The van der Waals surface area contributed by atoms with Gasteiger partial charge in [0.1, 0.15) is 19.9 Å². The van der Waals surface area contributed by atoms with Crippen LogP contribution in [0, 0.1) is 0 Å². The van der Waals surface area contributed by atoms with E-state index in [9.17, 15) is 39.6 Å². The van der Waals surface area contributed by atoms with Crippen LogP contribution in [0.5, 0.6) is 11.5 Å². The Morgan fingerprint density at radius 2 is 1.14 bits per heavy atom. The van der Waals surface area contributed by atoms with Crippen molar-refractivity contribution in [2.24, 2.45) is 0 Å². The number of benzene rings is 3. The van der Waals surface area contributed by atoms with Crippen LogP contribution in [0.2, 0.25) is 0 Å². The summed E-state index contributed by atoms with van der Waals surface area (Å²) in [4.78, 5) is 26.4. The lowest BCUT2D eigenvalue weighted by Crippen LogP contribution is -2.45. The van der Waals surface area contributed by atoms with Crippen molar-refractivity contribution in [1.29, 1.82) is 0 Å². The number of carbonyl (C=O) groups is 2. The number of carbonyl (C=O) groups excluding carboxylic acids is 2. The molecule has 7 rings (SSSR count). The zero-order chi connectivity index (χ0) is 52.4. The van der Waals surface area contributed by atoms with E-state index in [0.29, 0.717) is 90.4 Å². The second-order valence-corrected chi connectivity index (χ2v) is 24.6. The Morgan fingerprint density at radius 3 is 1.66 bits per heavy atom. The molecule has 2 aliphatic heterocycles. The van der Waals surface area contributed by atoms with Crippen LogP contribution in [0.15, 0.2) is 105 Å². The Morgan fingerprint density at radius 1 is 0.630 bits per heavy atom. The molecule has 1 atom stereocenters. The van der Waals surface area contributed by atoms with Crippen molar-refractivity contribution in [3.63, 3.8) is 0 Å². The molecule has 2 aromatic heterocycles. The highest BCUT2D eigenvalue weighted by atomic mass is 32.3. The summed E-state index contributed by atoms with van der Waals surface area (Å²) in [6, 6.07) is 26.2. The Kier molecular flexibility index (Phi) is 21.7. The minimum atomic E-state index is -4.37. The van der Waals surface area contributed by atoms with Crippen molar-refractivity contribution in [1.82, 2.24) is 29.9 Å². The quantitative estimate of drug-likeness (QED) is 0.0490. The molecule has 2 aliphatic rings. The van der Waals surface area contributed by atoms with Crippen LogP contribution in [-0.4, -0.2) is 103 Å². The average Bonchev–Trinajstić information content (AvgIpc) is 4.03. The third-order valence-electron chi connectivity index (χ3n) is 12.7. The Balaban J connectivity index is 0.000000241. The van der Waals surface area contributed by atoms with Crippen molar-refractivity contribution >= 4 is 54.5 Å². The fraction of sp³-hybridized carbons (Fsp3) is 0.462. The molecule has 73 heavy (non-hydrogen) atoms. The van der Waals surface area contributed by atoms with Gasteiger partial charge in [0.25, 0.3) is 31.9 Å². The number of amides is 2. The van der Waals surface area contributed by atoms with E-state index in [2.05, 4.69) is 28.2 Å². The van der Waals surface area contributed by atoms with Crippen LogP contribution in [-0.2, 0) is 45.7 Å². The Hall–Kier alpha value is -4.87. The lowest BCUT2D eigenvalue weighted by molar-refractivity contribution is -0.137. The molecular formula is C52H67F3N6O8S4. The number of thiophene rings is 2. The number of nitrogens with one attached hydrogen (secondary N) is 4. The normalized spacial score (nSPS) is 16.2. The van der Waals surface area contributed by atoms with Gasteiger partial charge in [0.15, 0.2) is 0 Å². The van der Waals surface area contributed by atoms with Crippen molar-refractivity contribution in [2.75, 3.05) is 53.5 Å². The maximum Gasteiger partial charge on any atom is 0.416 e. The Labute approximate surface area is 436 Å². The van der Waals surface area contributed by atoms with E-state index in [4.69, 9.17) is 9.47 Å². The monoisotopic (exact) mass is 1090 g/mol. The number of sulfonamides is 2. The molecule has 0 saturated carbocycles. The number of halogens is 3. The molecule has 398 valence electrons. The maximum absolute atomic E-state index is 13.2. The van der Waals surface area contributed by atoms with E-state index in [0.717, 1.165) is 59.0 Å². The highest BCUT2D eigenvalue weighted by Crippen LogP contribution is 2.31. The molecule has 4 heterocycles. The number of hydrogen-bond donors (Lipinski definition) is 4. The summed E-state index contributed by atoms with van der Waals surface area (Å²) < 4.78 is 105. The molecule has 3 aromatic carbocycles. The number of nitrogens with zero attached hydrogens (tertiary/aromatic N) is 2. The number of rotatable bonds is 22. The van der Waals surface area contributed by atoms with Crippen LogP contribution in [0.4, 0.5) is 13.2 Å². The molecular weight excluding hydrogens is 1020 g/mol. The van der Waals surface area contributed by atoms with Gasteiger partial charge in [0.2, 0.25) is 0 Å². The van der Waals surface area contributed by atoms with Gasteiger partial charge in [-0.15, -0.1) is 22.7 Å². The van der Waals surface area contributed by atoms with Crippen LogP contribution >= 0.6 is 22.7 Å². The summed E-state index contributed by atoms with van der Waals surface area (Å²) in [5.74, 6) is 0.678. The predicted molar refractivity (Wildman–Crippen MR) is 280 cm³/mol. The van der Waals surface area contributed by atoms with Crippen molar-refractivity contribution in [2.45, 2.75) is 111 Å². The van der Waals surface area contributed by atoms with Gasteiger partial charge in [-0.1, -0.05) is 56.5 Å². The summed E-state index contributed by atoms with van der Waals surface area (Å²) in [6.07, 6.45) is 4.93. The van der Waals surface area contributed by atoms with E-state index in [1.807, 2.05) is 0 Å². The standard InChI is InChI=1S/C27H30F3N3O4S2.C25H37N3O4S2/c1-37-23-7-3-5-20(17-23)26(34)32-18-24-8-9-25(38-24)39(35,36)33-14-11-22(12-15-33)31-13-10-19-4-2-6-21(16-19)27(28,29)30;1-3-4-5-6-15-26-21-10-8-16-28(17-14-21)34(30,31)24-13-12-23(33-24)19-27-25(29)20-9-7-11-22(18-20)32-2/h2-9,16-17,22,31H,10-15,18H2,1H3,(H,32,34);7,9,11-13,18,21,26H,3-6,8,10,14-17,19H2,1-2H3,(H,27,29). The SMILES string of the molecule is CCCCCCNC1CCCN(S(=O)(=O)c2ccc(CNC(=O)c3cccc(OC)c3)s2)CC1.COc1cccc(C(=O)NCc2ccc(S(=O)(=O)N3CCC(NCCc4cccc(C(F)(F)F)c4)CC3)s2)c1. The molecule has 2 fully saturated rings. The number of ether oxygens (including phenoxy) is 2. The van der Waals surface area contributed by atoms with E-state index in [-0.39, 0.29) is 35.2 Å². The number of hydrogen-bond acceptors (Lipinski definition) is 12. The van der Waals surface area contributed by atoms with Gasteiger partial charge in [0.05, 0.1) is 32.9 Å². The van der Waals surface area contributed by atoms with Crippen LogP contribution in [0.3, 0.4) is 0 Å². The number of methoxy groups -OCH3 is 2. The van der Waals surface area contributed by atoms with Gasteiger partial charge < -0.3 is 30.7 Å². The zero-order valence-corrected chi connectivity index (χ0v) is 44.8. The van der Waals surface area contributed by atoms with Crippen LogP contribution < -0.4 is 30.7 Å². The van der Waals surface area contributed by atoms with Crippen LogP contribution in [0.1, 0.15) is 106 Å². The molecule has 0 aliphatic carbocycles. The second-order valence-electron chi connectivity index (χ2n) is 17.9. The molecule has 0 bridgehead atoms. The summed E-state index contributed by atoms with van der Waals surface area (Å²) in [6.45, 7) is 6.00. The first-order chi connectivity index (χ1) is 35.0. The lowest BCUT2D eigenvalue weighted by atomic mass is 10.1. The van der Waals surface area contributed by atoms with Gasteiger partial charge in [-0.2, -0.15) is 21.8 Å². The van der Waals surface area contributed by atoms with Gasteiger partial charge >= 0.3 is 6.18 Å². The van der Waals surface area contributed by atoms with E-state index < -0.39 is 31.8 Å². The highest BCUT2D eigenvalue weighted by molar-refractivity contribution is 7.91. The first-order valence-electron chi connectivity index (χ1n) is 24.6. The van der Waals surface area contributed by atoms with Crippen molar-refractivity contribution in [3.05, 3.63) is 129 Å². The molecule has 14 nitrogen and oxygen atoms in total.